The first-order valence-electron chi connectivity index (χ1n) is 4.99. The van der Waals surface area contributed by atoms with E-state index in [4.69, 9.17) is 0 Å². The fourth-order valence-electron chi connectivity index (χ4n) is 1.52. The third-order valence-electron chi connectivity index (χ3n) is 2.30. The molecule has 1 heterocycles. The Balaban J connectivity index is 2.08. The zero-order valence-electron chi connectivity index (χ0n) is 8.38. The van der Waals surface area contributed by atoms with Gasteiger partial charge in [-0.25, -0.2) is 0 Å². The molecular formula is C13H13NO. The molecule has 15 heavy (non-hydrogen) atoms. The van der Waals surface area contributed by atoms with Gasteiger partial charge >= 0.3 is 0 Å². The molecule has 0 amide bonds. The van der Waals surface area contributed by atoms with Crippen LogP contribution in [0.2, 0.25) is 0 Å². The third-order valence-corrected chi connectivity index (χ3v) is 2.30. The standard InChI is InChI=1S/C13H13NO/c15-13(12-8-4-5-9-14-12)10-11-6-2-1-3-7-11/h1-9,13,15H,10H2/t13-/m1/s1. The fraction of sp³-hybridized carbons (Fsp3) is 0.154. The number of aromatic nitrogens is 1. The van der Waals surface area contributed by atoms with Gasteiger partial charge in [0.2, 0.25) is 0 Å². The molecule has 0 aliphatic carbocycles. The lowest BCUT2D eigenvalue weighted by molar-refractivity contribution is 0.173. The number of aliphatic hydroxyl groups excluding tert-OH is 1. The highest BCUT2D eigenvalue weighted by molar-refractivity contribution is 5.18. The van der Waals surface area contributed by atoms with Crippen LogP contribution in [0.5, 0.6) is 0 Å². The van der Waals surface area contributed by atoms with Crippen molar-refractivity contribution >= 4 is 0 Å². The van der Waals surface area contributed by atoms with Gasteiger partial charge in [-0.05, 0) is 17.7 Å². The summed E-state index contributed by atoms with van der Waals surface area (Å²) in [5, 5.41) is 9.91. The molecule has 0 aliphatic rings. The summed E-state index contributed by atoms with van der Waals surface area (Å²) in [6.45, 7) is 0. The molecule has 1 aromatic carbocycles. The predicted molar refractivity (Wildman–Crippen MR) is 59.3 cm³/mol. The van der Waals surface area contributed by atoms with Crippen LogP contribution in [0.1, 0.15) is 17.4 Å². The lowest BCUT2D eigenvalue weighted by atomic mass is 10.1. The number of hydrogen-bond donors (Lipinski definition) is 1. The number of nitrogens with zero attached hydrogens (tertiary/aromatic N) is 1. The summed E-state index contributed by atoms with van der Waals surface area (Å²) in [5.41, 5.74) is 1.84. The summed E-state index contributed by atoms with van der Waals surface area (Å²) in [7, 11) is 0. The molecule has 0 aliphatic heterocycles. The minimum absolute atomic E-state index is 0.520. The second-order valence-electron chi connectivity index (χ2n) is 3.46. The van der Waals surface area contributed by atoms with Crippen molar-refractivity contribution in [3.63, 3.8) is 0 Å². The summed E-state index contributed by atoms with van der Waals surface area (Å²) in [5.74, 6) is 0. The summed E-state index contributed by atoms with van der Waals surface area (Å²) < 4.78 is 0. The number of pyridine rings is 1. The maximum Gasteiger partial charge on any atom is 0.0999 e. The first-order chi connectivity index (χ1) is 7.36. The highest BCUT2D eigenvalue weighted by Gasteiger charge is 2.08. The highest BCUT2D eigenvalue weighted by atomic mass is 16.3. The van der Waals surface area contributed by atoms with E-state index in [0.717, 1.165) is 11.3 Å². The Morgan fingerprint density at radius 1 is 1.00 bits per heavy atom. The molecule has 0 saturated carbocycles. The van der Waals surface area contributed by atoms with Crippen molar-refractivity contribution in [3.05, 3.63) is 66.0 Å². The van der Waals surface area contributed by atoms with Crippen molar-refractivity contribution in [2.24, 2.45) is 0 Å². The van der Waals surface area contributed by atoms with Gasteiger partial charge in [-0.15, -0.1) is 0 Å². The Labute approximate surface area is 89.2 Å². The minimum atomic E-state index is -0.520. The Morgan fingerprint density at radius 2 is 1.73 bits per heavy atom. The van der Waals surface area contributed by atoms with E-state index in [9.17, 15) is 5.11 Å². The monoisotopic (exact) mass is 199 g/mol. The van der Waals surface area contributed by atoms with Gasteiger partial charge in [0.25, 0.3) is 0 Å². The largest absolute Gasteiger partial charge is 0.386 e. The van der Waals surface area contributed by atoms with E-state index in [1.54, 1.807) is 6.20 Å². The summed E-state index contributed by atoms with van der Waals surface area (Å²) >= 11 is 0. The smallest absolute Gasteiger partial charge is 0.0999 e. The molecule has 0 unspecified atom stereocenters. The van der Waals surface area contributed by atoms with E-state index >= 15 is 0 Å². The molecule has 0 bridgehead atoms. The Hall–Kier alpha value is -1.67. The summed E-state index contributed by atoms with van der Waals surface area (Å²) in [4.78, 5) is 4.12. The normalized spacial score (nSPS) is 12.3. The molecule has 0 saturated heterocycles. The number of benzene rings is 1. The lowest BCUT2D eigenvalue weighted by Crippen LogP contribution is -2.03. The maximum atomic E-state index is 9.91. The van der Waals surface area contributed by atoms with E-state index in [1.807, 2.05) is 48.5 Å². The van der Waals surface area contributed by atoms with Crippen molar-refractivity contribution in [1.29, 1.82) is 0 Å². The van der Waals surface area contributed by atoms with Crippen LogP contribution in [0.4, 0.5) is 0 Å². The van der Waals surface area contributed by atoms with Crippen LogP contribution >= 0.6 is 0 Å². The zero-order valence-corrected chi connectivity index (χ0v) is 8.38. The van der Waals surface area contributed by atoms with Crippen LogP contribution in [0.3, 0.4) is 0 Å². The molecule has 76 valence electrons. The SMILES string of the molecule is O[C@H](Cc1ccccc1)c1ccccn1. The van der Waals surface area contributed by atoms with E-state index in [2.05, 4.69) is 4.98 Å². The van der Waals surface area contributed by atoms with Gasteiger partial charge in [0.15, 0.2) is 0 Å². The molecule has 1 atom stereocenters. The van der Waals surface area contributed by atoms with Gasteiger partial charge in [0.1, 0.15) is 0 Å². The van der Waals surface area contributed by atoms with Gasteiger partial charge in [0.05, 0.1) is 11.8 Å². The van der Waals surface area contributed by atoms with Crippen LogP contribution in [-0.2, 0) is 6.42 Å². The van der Waals surface area contributed by atoms with Crippen molar-refractivity contribution < 1.29 is 5.11 Å². The van der Waals surface area contributed by atoms with Crippen LogP contribution in [0.15, 0.2) is 54.7 Å². The first kappa shape index (κ1) is 9.87. The number of aliphatic hydroxyl groups is 1. The van der Waals surface area contributed by atoms with E-state index in [0.29, 0.717) is 6.42 Å². The zero-order chi connectivity index (χ0) is 10.5. The molecule has 0 radical (unpaired) electrons. The van der Waals surface area contributed by atoms with Gasteiger partial charge in [-0.1, -0.05) is 36.4 Å². The van der Waals surface area contributed by atoms with E-state index in [1.165, 1.54) is 0 Å². The summed E-state index contributed by atoms with van der Waals surface area (Å²) in [6, 6.07) is 15.5. The van der Waals surface area contributed by atoms with Crippen molar-refractivity contribution in [2.75, 3.05) is 0 Å². The molecule has 1 N–H and O–H groups in total. The molecule has 2 nitrogen and oxygen atoms in total. The minimum Gasteiger partial charge on any atom is -0.386 e. The van der Waals surface area contributed by atoms with E-state index in [-0.39, 0.29) is 0 Å². The van der Waals surface area contributed by atoms with Crippen molar-refractivity contribution in [1.82, 2.24) is 4.98 Å². The first-order valence-corrected chi connectivity index (χ1v) is 4.99. The van der Waals surface area contributed by atoms with Gasteiger partial charge in [-0.3, -0.25) is 4.98 Å². The van der Waals surface area contributed by atoms with Crippen LogP contribution in [0, 0.1) is 0 Å². The Bertz CT molecular complexity index is 399. The molecule has 2 rings (SSSR count). The third kappa shape index (κ3) is 2.64. The average Bonchev–Trinajstić information content (AvgIpc) is 2.31. The molecule has 2 heteroatoms. The second kappa shape index (κ2) is 4.71. The molecule has 2 aromatic rings. The van der Waals surface area contributed by atoms with Gasteiger partial charge in [-0.2, -0.15) is 0 Å². The van der Waals surface area contributed by atoms with Gasteiger partial charge < -0.3 is 5.11 Å². The quantitative estimate of drug-likeness (QED) is 0.823. The molecule has 1 aromatic heterocycles. The van der Waals surface area contributed by atoms with E-state index < -0.39 is 6.10 Å². The van der Waals surface area contributed by atoms with Gasteiger partial charge in [0, 0.05) is 12.6 Å². The molecule has 0 fully saturated rings. The fourth-order valence-corrected chi connectivity index (χ4v) is 1.52. The Kier molecular flexibility index (Phi) is 3.10. The highest BCUT2D eigenvalue weighted by Crippen LogP contribution is 2.15. The maximum absolute atomic E-state index is 9.91. The lowest BCUT2D eigenvalue weighted by Gasteiger charge is -2.09. The van der Waals surface area contributed by atoms with Crippen molar-refractivity contribution in [2.45, 2.75) is 12.5 Å². The Morgan fingerprint density at radius 3 is 2.40 bits per heavy atom. The summed E-state index contributed by atoms with van der Waals surface area (Å²) in [6.07, 6.45) is 1.79. The second-order valence-corrected chi connectivity index (χ2v) is 3.46. The van der Waals surface area contributed by atoms with Crippen molar-refractivity contribution in [3.8, 4) is 0 Å². The topological polar surface area (TPSA) is 33.1 Å². The molecule has 0 spiro atoms. The predicted octanol–water partition coefficient (Wildman–Crippen LogP) is 2.36. The van der Waals surface area contributed by atoms with Crippen LogP contribution < -0.4 is 0 Å². The average molecular weight is 199 g/mol. The van der Waals surface area contributed by atoms with Crippen LogP contribution in [0.25, 0.3) is 0 Å². The number of hydrogen-bond acceptors (Lipinski definition) is 2. The molecular weight excluding hydrogens is 186 g/mol. The van der Waals surface area contributed by atoms with Crippen LogP contribution in [-0.4, -0.2) is 10.1 Å². The number of rotatable bonds is 3.